The zero-order valence-electron chi connectivity index (χ0n) is 23.0. The molecule has 0 amide bonds. The molecule has 0 heterocycles. The van der Waals surface area contributed by atoms with Crippen molar-refractivity contribution in [2.24, 2.45) is 46.2 Å². The van der Waals surface area contributed by atoms with Gasteiger partial charge in [0.25, 0.3) is 0 Å². The summed E-state index contributed by atoms with van der Waals surface area (Å²) >= 11 is 0. The number of carbonyl (C=O) groups excluding carboxylic acids is 1. The van der Waals surface area contributed by atoms with Gasteiger partial charge in [-0.3, -0.25) is 4.79 Å². The molecule has 0 saturated heterocycles. The first-order chi connectivity index (χ1) is 17.8. The summed E-state index contributed by atoms with van der Waals surface area (Å²) in [5.74, 6) is 2.84. The number of ketones is 1. The molecule has 4 fully saturated rings. The van der Waals surface area contributed by atoms with Crippen molar-refractivity contribution in [2.75, 3.05) is 13.7 Å². The highest BCUT2D eigenvalue weighted by atomic mass is 16.5. The van der Waals surface area contributed by atoms with E-state index in [2.05, 4.69) is 50.2 Å². The summed E-state index contributed by atoms with van der Waals surface area (Å²) in [6, 6.07) is 18.6. The van der Waals surface area contributed by atoms with Crippen LogP contribution in [0.25, 0.3) is 11.1 Å². The first-order valence-corrected chi connectivity index (χ1v) is 14.8. The highest BCUT2D eigenvalue weighted by Crippen LogP contribution is 2.69. The minimum atomic E-state index is -0.184. The Bertz CT molecular complexity index is 1150. The SMILES string of the molecule is COC[C@]12CC[C@H](C)CC1CC[C@]1(N)C2CC[C@@]2(C)C1CC[C@@H]2C(=O)c1ccccc1-c1ccccc1. The van der Waals surface area contributed by atoms with Crippen molar-refractivity contribution < 1.29 is 9.53 Å². The maximum atomic E-state index is 14.3. The first kappa shape index (κ1) is 25.3. The van der Waals surface area contributed by atoms with Crippen LogP contribution in [0.1, 0.15) is 82.0 Å². The van der Waals surface area contributed by atoms with Gasteiger partial charge < -0.3 is 10.5 Å². The summed E-state index contributed by atoms with van der Waals surface area (Å²) < 4.78 is 5.97. The largest absolute Gasteiger partial charge is 0.384 e. The molecule has 0 aliphatic heterocycles. The van der Waals surface area contributed by atoms with Crippen LogP contribution in [0.2, 0.25) is 0 Å². The number of hydrogen-bond acceptors (Lipinski definition) is 3. The molecule has 8 atom stereocenters. The van der Waals surface area contributed by atoms with Crippen molar-refractivity contribution in [1.29, 1.82) is 0 Å². The molecule has 0 bridgehead atoms. The second-order valence-corrected chi connectivity index (χ2v) is 13.4. The molecule has 2 aromatic rings. The van der Waals surface area contributed by atoms with Gasteiger partial charge in [-0.25, -0.2) is 0 Å². The number of carbonyl (C=O) groups is 1. The maximum Gasteiger partial charge on any atom is 0.167 e. The van der Waals surface area contributed by atoms with Gasteiger partial charge in [0.2, 0.25) is 0 Å². The van der Waals surface area contributed by atoms with E-state index in [-0.39, 0.29) is 22.3 Å². The molecule has 3 heteroatoms. The van der Waals surface area contributed by atoms with Crippen LogP contribution in [-0.2, 0) is 4.74 Å². The standard InChI is InChI=1S/C34H45NO2/c1-23-15-19-33(22-37-3)25(21-23)16-20-34(35)29-14-13-28(32(29,2)18-17-30(33)34)31(36)27-12-8-7-11-26(27)24-9-5-4-6-10-24/h4-12,23,25,28-30H,13-22,35H2,1-3H3/t23-,25?,28+,29?,30?,32+,33+,34+/m0/s1. The van der Waals surface area contributed by atoms with Crippen LogP contribution in [0.5, 0.6) is 0 Å². The van der Waals surface area contributed by atoms with Crippen LogP contribution in [0, 0.1) is 40.4 Å². The normalized spacial score (nSPS) is 40.9. The Balaban J connectivity index is 1.33. The second-order valence-electron chi connectivity index (χ2n) is 13.4. The third-order valence-corrected chi connectivity index (χ3v) is 11.8. The van der Waals surface area contributed by atoms with Crippen molar-refractivity contribution >= 4 is 5.78 Å². The van der Waals surface area contributed by atoms with E-state index >= 15 is 0 Å². The predicted octanol–water partition coefficient (Wildman–Crippen LogP) is 7.54. The number of ether oxygens (including phenoxy) is 1. The topological polar surface area (TPSA) is 52.3 Å². The Hall–Kier alpha value is -1.97. The lowest BCUT2D eigenvalue weighted by atomic mass is 9.41. The molecule has 6 rings (SSSR count). The van der Waals surface area contributed by atoms with Gasteiger partial charge >= 0.3 is 0 Å². The minimum absolute atomic E-state index is 0.0326. The van der Waals surface area contributed by atoms with Crippen molar-refractivity contribution in [3.8, 4) is 11.1 Å². The van der Waals surface area contributed by atoms with E-state index in [4.69, 9.17) is 10.5 Å². The van der Waals surface area contributed by atoms with E-state index < -0.39 is 0 Å². The summed E-state index contributed by atoms with van der Waals surface area (Å²) in [5, 5.41) is 0. The molecule has 0 aromatic heterocycles. The summed E-state index contributed by atoms with van der Waals surface area (Å²) in [4.78, 5) is 14.3. The molecule has 3 unspecified atom stereocenters. The molecule has 2 aromatic carbocycles. The van der Waals surface area contributed by atoms with E-state index in [1.54, 1.807) is 0 Å². The number of fused-ring (bicyclic) bond motifs is 5. The summed E-state index contributed by atoms with van der Waals surface area (Å²) in [6.45, 7) is 5.70. The van der Waals surface area contributed by atoms with E-state index in [1.807, 2.05) is 25.3 Å². The number of rotatable bonds is 5. The molecule has 4 saturated carbocycles. The average molecular weight is 500 g/mol. The zero-order chi connectivity index (χ0) is 25.8. The van der Waals surface area contributed by atoms with Crippen LogP contribution in [-0.4, -0.2) is 25.0 Å². The molecule has 3 nitrogen and oxygen atoms in total. The van der Waals surface area contributed by atoms with Gasteiger partial charge in [0, 0.05) is 29.5 Å². The maximum absolute atomic E-state index is 14.3. The van der Waals surface area contributed by atoms with Crippen LogP contribution < -0.4 is 5.73 Å². The second kappa shape index (κ2) is 9.35. The quantitative estimate of drug-likeness (QED) is 0.432. The third kappa shape index (κ3) is 3.79. The smallest absolute Gasteiger partial charge is 0.167 e. The lowest BCUT2D eigenvalue weighted by molar-refractivity contribution is -0.159. The number of Topliss-reactive ketones (excluding diaryl/α,β-unsaturated/α-hetero) is 1. The van der Waals surface area contributed by atoms with Crippen LogP contribution in [0.4, 0.5) is 0 Å². The van der Waals surface area contributed by atoms with Crippen LogP contribution in [0.3, 0.4) is 0 Å². The molecular formula is C34H45NO2. The van der Waals surface area contributed by atoms with Crippen molar-refractivity contribution in [3.05, 3.63) is 60.2 Å². The Morgan fingerprint density at radius 3 is 2.46 bits per heavy atom. The molecule has 198 valence electrons. The van der Waals surface area contributed by atoms with Crippen LogP contribution in [0.15, 0.2) is 54.6 Å². The minimum Gasteiger partial charge on any atom is -0.384 e. The van der Waals surface area contributed by atoms with Crippen molar-refractivity contribution in [2.45, 2.75) is 77.2 Å². The molecule has 0 spiro atoms. The fraction of sp³-hybridized carbons (Fsp3) is 0.618. The third-order valence-electron chi connectivity index (χ3n) is 11.8. The zero-order valence-corrected chi connectivity index (χ0v) is 23.0. The fourth-order valence-corrected chi connectivity index (χ4v) is 10.2. The van der Waals surface area contributed by atoms with E-state index in [1.165, 1.54) is 25.7 Å². The summed E-state index contributed by atoms with van der Waals surface area (Å²) in [5.41, 5.74) is 10.7. The van der Waals surface area contributed by atoms with Gasteiger partial charge in [-0.15, -0.1) is 0 Å². The fourth-order valence-electron chi connectivity index (χ4n) is 10.2. The van der Waals surface area contributed by atoms with Crippen molar-refractivity contribution in [1.82, 2.24) is 0 Å². The predicted molar refractivity (Wildman–Crippen MR) is 150 cm³/mol. The summed E-state index contributed by atoms with van der Waals surface area (Å²) in [7, 11) is 1.89. The van der Waals surface area contributed by atoms with Gasteiger partial charge in [0.05, 0.1) is 6.61 Å². The van der Waals surface area contributed by atoms with Crippen LogP contribution >= 0.6 is 0 Å². The number of nitrogens with two attached hydrogens (primary N) is 1. The Kier molecular flexibility index (Phi) is 6.39. The van der Waals surface area contributed by atoms with Gasteiger partial charge in [-0.1, -0.05) is 74.9 Å². The summed E-state index contributed by atoms with van der Waals surface area (Å²) in [6.07, 6.45) is 10.5. The first-order valence-electron chi connectivity index (χ1n) is 14.8. The highest BCUT2D eigenvalue weighted by molar-refractivity contribution is 6.04. The highest BCUT2D eigenvalue weighted by Gasteiger charge is 2.67. The van der Waals surface area contributed by atoms with E-state index in [0.717, 1.165) is 67.2 Å². The van der Waals surface area contributed by atoms with Gasteiger partial charge in [0.15, 0.2) is 5.78 Å². The lowest BCUT2D eigenvalue weighted by Crippen LogP contribution is -2.69. The van der Waals surface area contributed by atoms with Gasteiger partial charge in [-0.2, -0.15) is 0 Å². The average Bonchev–Trinajstić information content (AvgIpc) is 3.27. The molecule has 2 N–H and O–H groups in total. The van der Waals surface area contributed by atoms with E-state index in [0.29, 0.717) is 17.6 Å². The van der Waals surface area contributed by atoms with E-state index in [9.17, 15) is 4.79 Å². The Morgan fingerprint density at radius 1 is 0.919 bits per heavy atom. The molecule has 4 aliphatic carbocycles. The van der Waals surface area contributed by atoms with Gasteiger partial charge in [0.1, 0.15) is 0 Å². The number of benzene rings is 2. The lowest BCUT2D eigenvalue weighted by Gasteiger charge is -2.66. The molecule has 4 aliphatic rings. The number of hydrogen-bond donors (Lipinski definition) is 1. The molecule has 0 radical (unpaired) electrons. The molecular weight excluding hydrogens is 454 g/mol. The number of methoxy groups -OCH3 is 1. The molecule has 37 heavy (non-hydrogen) atoms. The Morgan fingerprint density at radius 2 is 1.68 bits per heavy atom. The van der Waals surface area contributed by atoms with Gasteiger partial charge in [-0.05, 0) is 91.6 Å². The monoisotopic (exact) mass is 499 g/mol. The Labute approximate surface area is 223 Å². The van der Waals surface area contributed by atoms with Crippen molar-refractivity contribution in [3.63, 3.8) is 0 Å².